The molecular weight excluding hydrogens is 280 g/mol. The van der Waals surface area contributed by atoms with Gasteiger partial charge in [0.15, 0.2) is 0 Å². The third-order valence-electron chi connectivity index (χ3n) is 1.87. The second-order valence-corrected chi connectivity index (χ2v) is 5.96. The number of thiophene rings is 1. The molecule has 0 spiro atoms. The van der Waals surface area contributed by atoms with Crippen LogP contribution < -0.4 is 5.73 Å². The van der Waals surface area contributed by atoms with Crippen LogP contribution in [0.3, 0.4) is 0 Å². The predicted molar refractivity (Wildman–Crippen MR) is 64.9 cm³/mol. The number of nitrogens with two attached hydrogens (primary N) is 1. The van der Waals surface area contributed by atoms with Crippen LogP contribution in [0.1, 0.15) is 20.8 Å². The Morgan fingerprint density at radius 3 is 2.86 bits per heavy atom. The molecule has 0 aliphatic heterocycles. The Labute approximate surface area is 98.9 Å². The minimum Gasteiger partial charge on any atom is -0.319 e. The molecule has 0 aromatic carbocycles. The molecule has 2 aromatic heterocycles. The van der Waals surface area contributed by atoms with Crippen molar-refractivity contribution < 1.29 is 0 Å². The maximum atomic E-state index is 6.13. The average Bonchev–Trinajstić information content (AvgIpc) is 2.73. The molecule has 2 rings (SSSR count). The molecule has 0 radical (unpaired) electrons. The molecule has 0 saturated carbocycles. The summed E-state index contributed by atoms with van der Waals surface area (Å²) in [5, 5.41) is 3.09. The fraction of sp³-hybridized carbons (Fsp3) is 0.222. The topological polar surface area (TPSA) is 38.9 Å². The summed E-state index contributed by atoms with van der Waals surface area (Å²) in [6.07, 6.45) is 1.86. The Kier molecular flexibility index (Phi) is 3.02. The van der Waals surface area contributed by atoms with Crippen molar-refractivity contribution in [2.45, 2.75) is 13.0 Å². The van der Waals surface area contributed by atoms with Crippen molar-refractivity contribution in [2.24, 2.45) is 5.73 Å². The van der Waals surface area contributed by atoms with E-state index in [1.807, 2.05) is 24.6 Å². The summed E-state index contributed by atoms with van der Waals surface area (Å²) in [4.78, 5) is 6.48. The Bertz CT molecular complexity index is 435. The lowest BCUT2D eigenvalue weighted by atomic mass is 10.2. The molecular formula is C9H9BrN2S2. The predicted octanol–water partition coefficient (Wildman–Crippen LogP) is 3.32. The second-order valence-electron chi connectivity index (χ2n) is 2.89. The Hall–Kier alpha value is -0.230. The molecule has 2 aromatic rings. The lowest BCUT2D eigenvalue weighted by Crippen LogP contribution is -2.08. The highest BCUT2D eigenvalue weighted by atomic mass is 79.9. The van der Waals surface area contributed by atoms with E-state index in [0.717, 1.165) is 19.2 Å². The first-order valence-corrected chi connectivity index (χ1v) is 6.58. The van der Waals surface area contributed by atoms with Gasteiger partial charge < -0.3 is 5.73 Å². The fourth-order valence-corrected chi connectivity index (χ4v) is 3.69. The van der Waals surface area contributed by atoms with Crippen molar-refractivity contribution in [1.82, 2.24) is 4.98 Å². The summed E-state index contributed by atoms with van der Waals surface area (Å²) in [6.45, 7) is 1.99. The SMILES string of the molecule is Cc1ncc(C(N)c2sccc2Br)s1. The van der Waals surface area contributed by atoms with Gasteiger partial charge in [-0.2, -0.15) is 0 Å². The van der Waals surface area contributed by atoms with Crippen molar-refractivity contribution in [2.75, 3.05) is 0 Å². The van der Waals surface area contributed by atoms with Gasteiger partial charge in [0, 0.05) is 20.4 Å². The third kappa shape index (κ3) is 1.91. The summed E-state index contributed by atoms with van der Waals surface area (Å²) in [7, 11) is 0. The second kappa shape index (κ2) is 4.10. The minimum absolute atomic E-state index is 0.0458. The van der Waals surface area contributed by atoms with E-state index < -0.39 is 0 Å². The van der Waals surface area contributed by atoms with Gasteiger partial charge in [0.25, 0.3) is 0 Å². The van der Waals surface area contributed by atoms with Crippen molar-refractivity contribution in [3.05, 3.63) is 36.9 Å². The molecule has 0 saturated heterocycles. The van der Waals surface area contributed by atoms with E-state index >= 15 is 0 Å². The number of nitrogens with zero attached hydrogens (tertiary/aromatic N) is 1. The highest BCUT2D eigenvalue weighted by molar-refractivity contribution is 9.10. The molecule has 1 unspecified atom stereocenters. The van der Waals surface area contributed by atoms with Gasteiger partial charge in [0.2, 0.25) is 0 Å². The molecule has 14 heavy (non-hydrogen) atoms. The molecule has 0 amide bonds. The number of rotatable bonds is 2. The Morgan fingerprint density at radius 1 is 1.57 bits per heavy atom. The fourth-order valence-electron chi connectivity index (χ4n) is 1.18. The Balaban J connectivity index is 2.33. The van der Waals surface area contributed by atoms with Crippen LogP contribution in [-0.2, 0) is 0 Å². The smallest absolute Gasteiger partial charge is 0.0897 e. The zero-order valence-corrected chi connectivity index (χ0v) is 10.7. The Morgan fingerprint density at radius 2 is 2.36 bits per heavy atom. The maximum Gasteiger partial charge on any atom is 0.0897 e. The quantitative estimate of drug-likeness (QED) is 0.921. The molecule has 0 aliphatic rings. The summed E-state index contributed by atoms with van der Waals surface area (Å²) >= 11 is 6.81. The number of aromatic nitrogens is 1. The number of hydrogen-bond donors (Lipinski definition) is 1. The number of aryl methyl sites for hydroxylation is 1. The van der Waals surface area contributed by atoms with Crippen molar-refractivity contribution in [3.8, 4) is 0 Å². The van der Waals surface area contributed by atoms with E-state index in [1.54, 1.807) is 22.7 Å². The lowest BCUT2D eigenvalue weighted by molar-refractivity contribution is 0.907. The van der Waals surface area contributed by atoms with Gasteiger partial charge in [0.05, 0.1) is 11.0 Å². The standard InChI is InChI=1S/C9H9BrN2S2/c1-5-12-4-7(14-5)8(11)9-6(10)2-3-13-9/h2-4,8H,11H2,1H3. The molecule has 74 valence electrons. The molecule has 2 nitrogen and oxygen atoms in total. The van der Waals surface area contributed by atoms with Crippen LogP contribution in [0.2, 0.25) is 0 Å². The first-order chi connectivity index (χ1) is 6.68. The molecule has 5 heteroatoms. The zero-order valence-electron chi connectivity index (χ0n) is 7.53. The van der Waals surface area contributed by atoms with Gasteiger partial charge in [-0.1, -0.05) is 0 Å². The van der Waals surface area contributed by atoms with Gasteiger partial charge >= 0.3 is 0 Å². The molecule has 0 aliphatic carbocycles. The first-order valence-electron chi connectivity index (χ1n) is 4.09. The molecule has 1 atom stereocenters. The van der Waals surface area contributed by atoms with Crippen LogP contribution in [0.25, 0.3) is 0 Å². The van der Waals surface area contributed by atoms with Gasteiger partial charge in [-0.05, 0) is 34.3 Å². The largest absolute Gasteiger partial charge is 0.319 e. The third-order valence-corrected chi connectivity index (χ3v) is 4.82. The van der Waals surface area contributed by atoms with Crippen molar-refractivity contribution >= 4 is 38.6 Å². The van der Waals surface area contributed by atoms with Crippen LogP contribution >= 0.6 is 38.6 Å². The van der Waals surface area contributed by atoms with E-state index in [2.05, 4.69) is 20.9 Å². The highest BCUT2D eigenvalue weighted by Crippen LogP contribution is 2.33. The minimum atomic E-state index is -0.0458. The van der Waals surface area contributed by atoms with Crippen LogP contribution in [0.15, 0.2) is 22.1 Å². The molecule has 2 heterocycles. The van der Waals surface area contributed by atoms with Crippen LogP contribution in [0.5, 0.6) is 0 Å². The van der Waals surface area contributed by atoms with Crippen LogP contribution in [0, 0.1) is 6.92 Å². The van der Waals surface area contributed by atoms with E-state index in [9.17, 15) is 0 Å². The number of hydrogen-bond acceptors (Lipinski definition) is 4. The van der Waals surface area contributed by atoms with E-state index in [1.165, 1.54) is 0 Å². The average molecular weight is 289 g/mol. The molecule has 0 bridgehead atoms. The van der Waals surface area contributed by atoms with Gasteiger partial charge in [0.1, 0.15) is 0 Å². The summed E-state index contributed by atoms with van der Waals surface area (Å²) in [5.41, 5.74) is 6.13. The van der Waals surface area contributed by atoms with E-state index in [0.29, 0.717) is 0 Å². The van der Waals surface area contributed by atoms with Gasteiger partial charge in [-0.15, -0.1) is 22.7 Å². The van der Waals surface area contributed by atoms with Crippen molar-refractivity contribution in [1.29, 1.82) is 0 Å². The van der Waals surface area contributed by atoms with E-state index in [4.69, 9.17) is 5.73 Å². The van der Waals surface area contributed by atoms with E-state index in [-0.39, 0.29) is 6.04 Å². The zero-order chi connectivity index (χ0) is 10.1. The summed E-state index contributed by atoms with van der Waals surface area (Å²) in [5.74, 6) is 0. The molecule has 0 fully saturated rings. The lowest BCUT2D eigenvalue weighted by Gasteiger charge is -2.06. The molecule has 2 N–H and O–H groups in total. The number of thiazole rings is 1. The van der Waals surface area contributed by atoms with Gasteiger partial charge in [-0.25, -0.2) is 4.98 Å². The monoisotopic (exact) mass is 288 g/mol. The van der Waals surface area contributed by atoms with Crippen LogP contribution in [0.4, 0.5) is 0 Å². The number of halogens is 1. The maximum absolute atomic E-state index is 6.13. The summed E-state index contributed by atoms with van der Waals surface area (Å²) in [6, 6.07) is 1.98. The highest BCUT2D eigenvalue weighted by Gasteiger charge is 2.15. The van der Waals surface area contributed by atoms with Gasteiger partial charge in [-0.3, -0.25) is 0 Å². The normalized spacial score (nSPS) is 13.1. The first kappa shape index (κ1) is 10.3. The van der Waals surface area contributed by atoms with Crippen molar-refractivity contribution in [3.63, 3.8) is 0 Å². The van der Waals surface area contributed by atoms with Crippen LogP contribution in [-0.4, -0.2) is 4.98 Å². The summed E-state index contributed by atoms with van der Waals surface area (Å²) < 4.78 is 1.08.